The molecule has 1 aromatic carbocycles. The van der Waals surface area contributed by atoms with E-state index in [-0.39, 0.29) is 0 Å². The van der Waals surface area contributed by atoms with Gasteiger partial charge in [-0.2, -0.15) is 5.26 Å². The van der Waals surface area contributed by atoms with Crippen molar-refractivity contribution in [2.75, 3.05) is 36.5 Å². The molecule has 0 amide bonds. The fourth-order valence-corrected chi connectivity index (χ4v) is 2.19. The molecule has 1 aliphatic rings. The van der Waals surface area contributed by atoms with E-state index >= 15 is 0 Å². The Kier molecular flexibility index (Phi) is 3.94. The fourth-order valence-electron chi connectivity index (χ4n) is 2.19. The number of benzene rings is 1. The van der Waals surface area contributed by atoms with Gasteiger partial charge in [0.05, 0.1) is 13.2 Å². The van der Waals surface area contributed by atoms with E-state index in [2.05, 4.69) is 32.3 Å². The predicted molar refractivity (Wildman–Crippen MR) is 79.5 cm³/mol. The SMILES string of the molecule is N#Cc1ccnc(Nc2ccc(N3CCOCC3)cc2)n1. The standard InChI is InChI=1S/C15H15N5O/c16-11-13-5-6-17-15(19-13)18-12-1-3-14(4-2-12)20-7-9-21-10-8-20/h1-6H,7-10H2,(H,17,18,19). The average molecular weight is 281 g/mol. The monoisotopic (exact) mass is 281 g/mol. The molecule has 1 saturated heterocycles. The first-order valence-electron chi connectivity index (χ1n) is 6.78. The van der Waals surface area contributed by atoms with E-state index in [1.807, 2.05) is 18.2 Å². The molecule has 0 radical (unpaired) electrons. The number of anilines is 3. The van der Waals surface area contributed by atoms with Crippen LogP contribution in [0.25, 0.3) is 0 Å². The maximum Gasteiger partial charge on any atom is 0.228 e. The molecule has 0 bridgehead atoms. The van der Waals surface area contributed by atoms with Gasteiger partial charge in [0, 0.05) is 30.7 Å². The Morgan fingerprint density at radius 3 is 2.62 bits per heavy atom. The number of hydrogen-bond donors (Lipinski definition) is 1. The second-order valence-corrected chi connectivity index (χ2v) is 4.65. The van der Waals surface area contributed by atoms with Crippen molar-refractivity contribution in [1.82, 2.24) is 9.97 Å². The molecule has 0 saturated carbocycles. The van der Waals surface area contributed by atoms with Crippen molar-refractivity contribution < 1.29 is 4.74 Å². The van der Waals surface area contributed by atoms with Gasteiger partial charge < -0.3 is 15.0 Å². The van der Waals surface area contributed by atoms with Crippen molar-refractivity contribution in [3.05, 3.63) is 42.2 Å². The minimum Gasteiger partial charge on any atom is -0.378 e. The van der Waals surface area contributed by atoms with E-state index in [4.69, 9.17) is 10.00 Å². The van der Waals surface area contributed by atoms with Crippen molar-refractivity contribution in [2.24, 2.45) is 0 Å². The first-order valence-corrected chi connectivity index (χ1v) is 6.78. The van der Waals surface area contributed by atoms with Crippen LogP contribution in [0.15, 0.2) is 36.5 Å². The van der Waals surface area contributed by atoms with Gasteiger partial charge in [0.2, 0.25) is 5.95 Å². The lowest BCUT2D eigenvalue weighted by Gasteiger charge is -2.28. The summed E-state index contributed by atoms with van der Waals surface area (Å²) in [4.78, 5) is 10.5. The van der Waals surface area contributed by atoms with E-state index < -0.39 is 0 Å². The van der Waals surface area contributed by atoms with Gasteiger partial charge in [0.1, 0.15) is 11.8 Å². The number of nitrogens with one attached hydrogen (secondary N) is 1. The maximum absolute atomic E-state index is 8.82. The van der Waals surface area contributed by atoms with Gasteiger partial charge in [0.25, 0.3) is 0 Å². The second-order valence-electron chi connectivity index (χ2n) is 4.65. The third kappa shape index (κ3) is 3.27. The molecule has 6 heteroatoms. The van der Waals surface area contributed by atoms with Gasteiger partial charge in [-0.1, -0.05) is 0 Å². The first-order chi connectivity index (χ1) is 10.3. The van der Waals surface area contributed by atoms with Crippen LogP contribution < -0.4 is 10.2 Å². The lowest BCUT2D eigenvalue weighted by molar-refractivity contribution is 0.122. The lowest BCUT2D eigenvalue weighted by atomic mass is 10.2. The molecule has 2 heterocycles. The van der Waals surface area contributed by atoms with Crippen molar-refractivity contribution >= 4 is 17.3 Å². The highest BCUT2D eigenvalue weighted by atomic mass is 16.5. The molecular weight excluding hydrogens is 266 g/mol. The molecule has 1 aromatic heterocycles. The Morgan fingerprint density at radius 1 is 1.14 bits per heavy atom. The number of aromatic nitrogens is 2. The molecule has 0 atom stereocenters. The van der Waals surface area contributed by atoms with E-state index in [9.17, 15) is 0 Å². The van der Waals surface area contributed by atoms with Gasteiger partial charge in [-0.05, 0) is 30.3 Å². The van der Waals surface area contributed by atoms with Crippen molar-refractivity contribution in [1.29, 1.82) is 5.26 Å². The van der Waals surface area contributed by atoms with Crippen LogP contribution in [-0.4, -0.2) is 36.3 Å². The summed E-state index contributed by atoms with van der Waals surface area (Å²) >= 11 is 0. The topological polar surface area (TPSA) is 74.1 Å². The molecule has 106 valence electrons. The zero-order valence-corrected chi connectivity index (χ0v) is 11.5. The molecule has 3 rings (SSSR count). The molecule has 0 spiro atoms. The highest BCUT2D eigenvalue weighted by molar-refractivity contribution is 5.59. The number of morpholine rings is 1. The van der Waals surface area contributed by atoms with Crippen LogP contribution in [0.4, 0.5) is 17.3 Å². The number of hydrogen-bond acceptors (Lipinski definition) is 6. The van der Waals surface area contributed by atoms with E-state index in [0.29, 0.717) is 11.6 Å². The second kappa shape index (κ2) is 6.20. The third-order valence-corrected chi connectivity index (χ3v) is 3.27. The molecule has 1 aliphatic heterocycles. The zero-order valence-electron chi connectivity index (χ0n) is 11.5. The molecular formula is C15H15N5O. The maximum atomic E-state index is 8.82. The van der Waals surface area contributed by atoms with Crippen LogP contribution in [0, 0.1) is 11.3 Å². The van der Waals surface area contributed by atoms with Crippen LogP contribution >= 0.6 is 0 Å². The van der Waals surface area contributed by atoms with E-state index in [1.54, 1.807) is 12.3 Å². The van der Waals surface area contributed by atoms with Gasteiger partial charge >= 0.3 is 0 Å². The minimum atomic E-state index is 0.345. The summed E-state index contributed by atoms with van der Waals surface area (Å²) in [5.74, 6) is 0.424. The van der Waals surface area contributed by atoms with Crippen LogP contribution in [0.3, 0.4) is 0 Å². The molecule has 1 fully saturated rings. The molecule has 1 N–H and O–H groups in total. The Bertz CT molecular complexity index is 644. The van der Waals surface area contributed by atoms with Gasteiger partial charge in [-0.3, -0.25) is 0 Å². The quantitative estimate of drug-likeness (QED) is 0.926. The lowest BCUT2D eigenvalue weighted by Crippen LogP contribution is -2.36. The Balaban J connectivity index is 1.70. The number of nitriles is 1. The predicted octanol–water partition coefficient (Wildman–Crippen LogP) is 1.93. The molecule has 21 heavy (non-hydrogen) atoms. The smallest absolute Gasteiger partial charge is 0.228 e. The van der Waals surface area contributed by atoms with Gasteiger partial charge in [0.15, 0.2) is 0 Å². The first kappa shape index (κ1) is 13.3. The number of nitrogens with zero attached hydrogens (tertiary/aromatic N) is 4. The molecule has 0 unspecified atom stereocenters. The third-order valence-electron chi connectivity index (χ3n) is 3.27. The Morgan fingerprint density at radius 2 is 1.90 bits per heavy atom. The Hall–Kier alpha value is -2.65. The summed E-state index contributed by atoms with van der Waals surface area (Å²) in [5.41, 5.74) is 2.41. The molecule has 0 aliphatic carbocycles. The van der Waals surface area contributed by atoms with Crippen molar-refractivity contribution in [2.45, 2.75) is 0 Å². The van der Waals surface area contributed by atoms with Gasteiger partial charge in [-0.25, -0.2) is 9.97 Å². The summed E-state index contributed by atoms with van der Waals surface area (Å²) in [6, 6.07) is 11.6. The van der Waals surface area contributed by atoms with Crippen molar-refractivity contribution in [3.8, 4) is 6.07 Å². The van der Waals surface area contributed by atoms with Crippen LogP contribution in [0.2, 0.25) is 0 Å². The summed E-state index contributed by atoms with van der Waals surface area (Å²) in [6.45, 7) is 3.38. The Labute approximate surface area is 123 Å². The normalized spacial score (nSPS) is 14.5. The molecule has 2 aromatic rings. The average Bonchev–Trinajstić information content (AvgIpc) is 2.56. The summed E-state index contributed by atoms with van der Waals surface area (Å²) in [6.07, 6.45) is 1.57. The number of rotatable bonds is 3. The minimum absolute atomic E-state index is 0.345. The highest BCUT2D eigenvalue weighted by Crippen LogP contribution is 2.20. The highest BCUT2D eigenvalue weighted by Gasteiger charge is 2.10. The molecule has 6 nitrogen and oxygen atoms in total. The van der Waals surface area contributed by atoms with Crippen molar-refractivity contribution in [3.63, 3.8) is 0 Å². The largest absolute Gasteiger partial charge is 0.378 e. The summed E-state index contributed by atoms with van der Waals surface area (Å²) in [5, 5.41) is 11.9. The summed E-state index contributed by atoms with van der Waals surface area (Å²) in [7, 11) is 0. The van der Waals surface area contributed by atoms with Crippen LogP contribution in [0.1, 0.15) is 5.69 Å². The van der Waals surface area contributed by atoms with E-state index in [1.165, 1.54) is 5.69 Å². The fraction of sp³-hybridized carbons (Fsp3) is 0.267. The summed E-state index contributed by atoms with van der Waals surface area (Å²) < 4.78 is 5.35. The van der Waals surface area contributed by atoms with Gasteiger partial charge in [-0.15, -0.1) is 0 Å². The van der Waals surface area contributed by atoms with Crippen LogP contribution in [-0.2, 0) is 4.74 Å². The van der Waals surface area contributed by atoms with Crippen LogP contribution in [0.5, 0.6) is 0 Å². The van der Waals surface area contributed by atoms with E-state index in [0.717, 1.165) is 32.0 Å². The number of ether oxygens (including phenoxy) is 1. The zero-order chi connectivity index (χ0) is 14.5.